The van der Waals surface area contributed by atoms with Gasteiger partial charge in [-0.3, -0.25) is 0 Å². The van der Waals surface area contributed by atoms with E-state index in [0.717, 1.165) is 0 Å². The van der Waals surface area contributed by atoms with Gasteiger partial charge in [0, 0.05) is 0 Å². The summed E-state index contributed by atoms with van der Waals surface area (Å²) in [5.41, 5.74) is 6.47. The van der Waals surface area contributed by atoms with Crippen molar-refractivity contribution < 1.29 is 4.74 Å². The van der Waals surface area contributed by atoms with Crippen LogP contribution in [0.5, 0.6) is 0 Å². The minimum Gasteiger partial charge on any atom is -0.355 e. The second-order valence-corrected chi connectivity index (χ2v) is 0.822. The van der Waals surface area contributed by atoms with Crippen molar-refractivity contribution in [2.45, 2.75) is 6.23 Å². The summed E-state index contributed by atoms with van der Waals surface area (Å²) in [6.45, 7) is 0.653. The molecule has 2 nitrogen and oxygen atoms in total. The highest BCUT2D eigenvalue weighted by Gasteiger charge is 2.15. The van der Waals surface area contributed by atoms with Gasteiger partial charge in [0.25, 0.3) is 0 Å². The molecule has 0 amide bonds. The van der Waals surface area contributed by atoms with E-state index in [-0.39, 0.29) is 6.23 Å². The van der Waals surface area contributed by atoms with Gasteiger partial charge >= 0.3 is 0 Å². The van der Waals surface area contributed by atoms with Crippen molar-refractivity contribution in [1.29, 1.82) is 0 Å². The highest BCUT2D eigenvalue weighted by molar-refractivity contribution is 4.54. The van der Waals surface area contributed by atoms with E-state index in [1.54, 1.807) is 0 Å². The third-order valence-electron chi connectivity index (χ3n) is 0.333. The lowest BCUT2D eigenvalue weighted by atomic mass is 10.8. The molecular weight excluding hydrogens is 54.0 g/mol. The maximum Gasteiger partial charge on any atom is 0.144 e. The fraction of sp³-hybridized carbons (Fsp3) is 1.00. The number of hydrogen-bond acceptors (Lipinski definition) is 1. The lowest BCUT2D eigenvalue weighted by Crippen LogP contribution is -1.75. The first-order valence-electron chi connectivity index (χ1n) is 1.22. The normalized spacial score (nSPS) is 39.8. The number of nitrogens with one attached hydrogen (secondary N) is 1. The monoisotopic (exact) mass is 58.0 g/mol. The molecule has 1 atom stereocenters. The van der Waals surface area contributed by atoms with Crippen molar-refractivity contribution in [3.8, 4) is 0 Å². The second kappa shape index (κ2) is 0.445. The fourth-order valence-electron chi connectivity index (χ4n) is 0.0481. The number of ether oxygens (including phenoxy) is 1. The summed E-state index contributed by atoms with van der Waals surface area (Å²) in [5.74, 6) is 0. The Morgan fingerprint density at radius 1 is 2.00 bits per heavy atom. The predicted octanol–water partition coefficient (Wildman–Crippen LogP) is -0.374. The predicted molar refractivity (Wildman–Crippen MR) is 12.8 cm³/mol. The van der Waals surface area contributed by atoms with Crippen LogP contribution in [-0.4, -0.2) is 12.8 Å². The molecule has 1 rings (SSSR count). The summed E-state index contributed by atoms with van der Waals surface area (Å²) < 4.78 is 4.38. The fourth-order valence-corrected chi connectivity index (χ4v) is 0.0481. The molecule has 0 aliphatic carbocycles. The third kappa shape index (κ3) is 0.191. The van der Waals surface area contributed by atoms with Crippen LogP contribution in [0.2, 0.25) is 0 Å². The largest absolute Gasteiger partial charge is 0.355 e. The zero-order valence-corrected chi connectivity index (χ0v) is 2.19. The Kier molecular flexibility index (Phi) is 0.242. The molecule has 0 aromatic rings. The summed E-state index contributed by atoms with van der Waals surface area (Å²) in [7, 11) is 0. The highest BCUT2D eigenvalue weighted by atomic mass is 16.6. The van der Waals surface area contributed by atoms with Crippen LogP contribution in [0.4, 0.5) is 0 Å². The van der Waals surface area contributed by atoms with E-state index < -0.39 is 0 Å². The minimum atomic E-state index is -0.167. The Bertz CT molecular complexity index is 25.2. The van der Waals surface area contributed by atoms with Crippen LogP contribution >= 0.6 is 0 Å². The van der Waals surface area contributed by atoms with Crippen LogP contribution in [0, 0.1) is 0 Å². The average Bonchev–Trinajstić information content (AvgIpc) is 1.75. The van der Waals surface area contributed by atoms with E-state index >= 15 is 0 Å². The van der Waals surface area contributed by atoms with Gasteiger partial charge < -0.3 is 4.74 Å². The molecule has 0 aromatic carbocycles. The molecule has 23 valence electrons. The summed E-state index contributed by atoms with van der Waals surface area (Å²) in [6, 6.07) is 0. The molecule has 1 radical (unpaired) electrons. The Morgan fingerprint density at radius 3 is 2.25 bits per heavy atom. The topological polar surface area (TPSA) is 36.3 Å². The summed E-state index contributed by atoms with van der Waals surface area (Å²) in [4.78, 5) is 0. The Morgan fingerprint density at radius 2 is 2.25 bits per heavy atom. The van der Waals surface area contributed by atoms with Gasteiger partial charge in [-0.05, 0) is 0 Å². The summed E-state index contributed by atoms with van der Waals surface area (Å²) >= 11 is 0. The van der Waals surface area contributed by atoms with Gasteiger partial charge in [0.2, 0.25) is 0 Å². The van der Waals surface area contributed by atoms with Gasteiger partial charge in [0.05, 0.1) is 6.61 Å². The second-order valence-electron chi connectivity index (χ2n) is 0.822. The van der Waals surface area contributed by atoms with Crippen molar-refractivity contribution in [2.24, 2.45) is 0 Å². The molecule has 0 spiro atoms. The van der Waals surface area contributed by atoms with Gasteiger partial charge in [-0.1, -0.05) is 0 Å². The van der Waals surface area contributed by atoms with E-state index in [0.29, 0.717) is 6.61 Å². The zero-order valence-electron chi connectivity index (χ0n) is 2.19. The van der Waals surface area contributed by atoms with Crippen molar-refractivity contribution in [2.75, 3.05) is 6.61 Å². The average molecular weight is 58.1 g/mol. The first kappa shape index (κ1) is 2.18. The molecule has 1 heterocycles. The zero-order chi connectivity index (χ0) is 2.99. The molecule has 1 aliphatic heterocycles. The molecular formula is C2H4NO. The van der Waals surface area contributed by atoms with Gasteiger partial charge in [-0.15, -0.1) is 0 Å². The minimum absolute atomic E-state index is 0.167. The number of epoxide rings is 1. The molecule has 1 aliphatic rings. The van der Waals surface area contributed by atoms with Crippen LogP contribution in [0.3, 0.4) is 0 Å². The molecule has 0 bridgehead atoms. The van der Waals surface area contributed by atoms with Crippen molar-refractivity contribution in [1.82, 2.24) is 5.73 Å². The van der Waals surface area contributed by atoms with Crippen LogP contribution in [0.15, 0.2) is 0 Å². The molecule has 4 heavy (non-hydrogen) atoms. The summed E-state index contributed by atoms with van der Waals surface area (Å²) in [6.07, 6.45) is -0.167. The summed E-state index contributed by atoms with van der Waals surface area (Å²) in [5, 5.41) is 0. The SMILES string of the molecule is [NH]C1CO1. The molecule has 1 unspecified atom stereocenters. The van der Waals surface area contributed by atoms with Gasteiger partial charge in [-0.25, -0.2) is 5.73 Å². The number of rotatable bonds is 0. The van der Waals surface area contributed by atoms with E-state index in [2.05, 4.69) is 4.74 Å². The Hall–Kier alpha value is -0.0800. The van der Waals surface area contributed by atoms with E-state index in [1.165, 1.54) is 0 Å². The first-order valence-corrected chi connectivity index (χ1v) is 1.22. The molecule has 0 aromatic heterocycles. The Labute approximate surface area is 24.6 Å². The van der Waals surface area contributed by atoms with E-state index in [1.807, 2.05) is 0 Å². The smallest absolute Gasteiger partial charge is 0.144 e. The quantitative estimate of drug-likeness (QED) is 0.350. The molecule has 2 heteroatoms. The molecule has 0 saturated carbocycles. The highest BCUT2D eigenvalue weighted by Crippen LogP contribution is 1.99. The van der Waals surface area contributed by atoms with Gasteiger partial charge in [0.15, 0.2) is 0 Å². The van der Waals surface area contributed by atoms with Crippen LogP contribution in [-0.2, 0) is 4.74 Å². The molecule has 1 saturated heterocycles. The van der Waals surface area contributed by atoms with E-state index in [9.17, 15) is 0 Å². The van der Waals surface area contributed by atoms with Gasteiger partial charge in [0.1, 0.15) is 6.23 Å². The molecule has 1 N–H and O–H groups in total. The lowest BCUT2D eigenvalue weighted by molar-refractivity contribution is 0.409. The van der Waals surface area contributed by atoms with Crippen molar-refractivity contribution in [3.63, 3.8) is 0 Å². The number of hydrogen-bond donors (Lipinski definition) is 0. The third-order valence-corrected chi connectivity index (χ3v) is 0.333. The standard InChI is InChI=1S/C2H4NO/c3-2-1-4-2/h2-3H,1H2. The Balaban J connectivity index is 2.17. The first-order chi connectivity index (χ1) is 1.89. The maximum absolute atomic E-state index is 6.47. The van der Waals surface area contributed by atoms with Crippen LogP contribution in [0.25, 0.3) is 0 Å². The lowest BCUT2D eigenvalue weighted by Gasteiger charge is -1.52. The van der Waals surface area contributed by atoms with Crippen LogP contribution in [0.1, 0.15) is 0 Å². The van der Waals surface area contributed by atoms with Crippen molar-refractivity contribution in [3.05, 3.63) is 0 Å². The molecule has 1 fully saturated rings. The van der Waals surface area contributed by atoms with E-state index in [4.69, 9.17) is 5.73 Å². The maximum atomic E-state index is 6.47. The van der Waals surface area contributed by atoms with Crippen LogP contribution < -0.4 is 5.73 Å². The van der Waals surface area contributed by atoms with Crippen molar-refractivity contribution >= 4 is 0 Å². The van der Waals surface area contributed by atoms with Gasteiger partial charge in [-0.2, -0.15) is 0 Å².